The van der Waals surface area contributed by atoms with E-state index in [9.17, 15) is 9.59 Å². The molecule has 7 nitrogen and oxygen atoms in total. The average Bonchev–Trinajstić information content (AvgIpc) is 3.02. The number of carbonyl (C=O) groups is 2. The molecule has 0 radical (unpaired) electrons. The number of aromatic nitrogens is 2. The number of imidazole rings is 1. The number of rotatable bonds is 8. The van der Waals surface area contributed by atoms with Gasteiger partial charge in [-0.1, -0.05) is 30.3 Å². The lowest BCUT2D eigenvalue weighted by molar-refractivity contribution is -0.146. The van der Waals surface area contributed by atoms with E-state index in [2.05, 4.69) is 4.98 Å². The Morgan fingerprint density at radius 1 is 1.11 bits per heavy atom. The molecular formula is C21H23N3O4. The first-order chi connectivity index (χ1) is 13.5. The van der Waals surface area contributed by atoms with Crippen molar-refractivity contribution in [1.29, 1.82) is 0 Å². The second-order valence-corrected chi connectivity index (χ2v) is 6.71. The largest absolute Gasteiger partial charge is 0.486 e. The molecule has 1 amide bonds. The highest BCUT2D eigenvalue weighted by atomic mass is 16.5. The highest BCUT2D eigenvalue weighted by molar-refractivity contribution is 5.84. The molecule has 3 aromatic rings. The van der Waals surface area contributed by atoms with Crippen LogP contribution in [-0.2, 0) is 22.7 Å². The fraction of sp³-hybridized carbons (Fsp3) is 0.286. The van der Waals surface area contributed by atoms with E-state index in [4.69, 9.17) is 9.84 Å². The van der Waals surface area contributed by atoms with Crippen molar-refractivity contribution in [2.24, 2.45) is 0 Å². The van der Waals surface area contributed by atoms with E-state index in [1.54, 1.807) is 18.4 Å². The van der Waals surface area contributed by atoms with Crippen LogP contribution in [0, 0.1) is 0 Å². The number of aliphatic carboxylic acids is 1. The molecule has 0 unspecified atom stereocenters. The van der Waals surface area contributed by atoms with Crippen LogP contribution in [0.2, 0.25) is 0 Å². The van der Waals surface area contributed by atoms with Gasteiger partial charge in [-0.05, 0) is 38.1 Å². The Morgan fingerprint density at radius 3 is 2.46 bits per heavy atom. The van der Waals surface area contributed by atoms with E-state index < -0.39 is 5.97 Å². The molecule has 7 heteroatoms. The second-order valence-electron chi connectivity index (χ2n) is 6.71. The zero-order valence-corrected chi connectivity index (χ0v) is 15.9. The fourth-order valence-electron chi connectivity index (χ4n) is 3.01. The Labute approximate surface area is 163 Å². The number of fused-ring (bicyclic) bond motifs is 1. The van der Waals surface area contributed by atoms with Crippen LogP contribution in [0.15, 0.2) is 54.6 Å². The summed E-state index contributed by atoms with van der Waals surface area (Å²) in [6.07, 6.45) is 0. The lowest BCUT2D eigenvalue weighted by Crippen LogP contribution is -2.42. The summed E-state index contributed by atoms with van der Waals surface area (Å²) in [5.41, 5.74) is 1.57. The van der Waals surface area contributed by atoms with Crippen molar-refractivity contribution in [2.75, 3.05) is 6.54 Å². The zero-order valence-electron chi connectivity index (χ0n) is 15.9. The van der Waals surface area contributed by atoms with E-state index in [1.807, 2.05) is 54.6 Å². The molecule has 0 aliphatic carbocycles. The van der Waals surface area contributed by atoms with Crippen molar-refractivity contribution in [2.45, 2.75) is 33.0 Å². The number of hydrogen-bond donors (Lipinski definition) is 1. The normalized spacial score (nSPS) is 11.0. The maximum absolute atomic E-state index is 12.8. The van der Waals surface area contributed by atoms with E-state index in [0.29, 0.717) is 11.6 Å². The summed E-state index contributed by atoms with van der Waals surface area (Å²) in [5, 5.41) is 9.11. The summed E-state index contributed by atoms with van der Waals surface area (Å²) >= 11 is 0. The summed E-state index contributed by atoms with van der Waals surface area (Å²) < 4.78 is 7.60. The minimum Gasteiger partial charge on any atom is -0.486 e. The first kappa shape index (κ1) is 19.4. The molecule has 0 bridgehead atoms. The maximum Gasteiger partial charge on any atom is 0.323 e. The van der Waals surface area contributed by atoms with Crippen molar-refractivity contribution < 1.29 is 19.4 Å². The Morgan fingerprint density at radius 2 is 1.79 bits per heavy atom. The highest BCUT2D eigenvalue weighted by Crippen LogP contribution is 2.19. The topological polar surface area (TPSA) is 84.7 Å². The standard InChI is InChI=1S/C21H23N3O4/c1-15(2)23(13-21(26)27)20(25)12-24-18-11-7-6-10-17(18)22-19(24)14-28-16-8-4-3-5-9-16/h3-11,15H,12-14H2,1-2H3,(H,26,27). The van der Waals surface area contributed by atoms with Gasteiger partial charge in [0.25, 0.3) is 0 Å². The molecule has 1 N–H and O–H groups in total. The van der Waals surface area contributed by atoms with E-state index in [0.717, 1.165) is 11.0 Å². The van der Waals surface area contributed by atoms with Gasteiger partial charge in [-0.25, -0.2) is 4.98 Å². The van der Waals surface area contributed by atoms with Crippen LogP contribution < -0.4 is 4.74 Å². The smallest absolute Gasteiger partial charge is 0.323 e. The molecule has 0 aliphatic rings. The van der Waals surface area contributed by atoms with Gasteiger partial charge in [0.15, 0.2) is 0 Å². The van der Waals surface area contributed by atoms with Gasteiger partial charge in [0.05, 0.1) is 11.0 Å². The molecule has 28 heavy (non-hydrogen) atoms. The third-order valence-electron chi connectivity index (χ3n) is 4.39. The van der Waals surface area contributed by atoms with Crippen LogP contribution in [0.4, 0.5) is 0 Å². The molecule has 2 aromatic carbocycles. The Bertz CT molecular complexity index is 966. The summed E-state index contributed by atoms with van der Waals surface area (Å²) in [7, 11) is 0. The highest BCUT2D eigenvalue weighted by Gasteiger charge is 2.22. The molecule has 1 heterocycles. The molecule has 3 rings (SSSR count). The van der Waals surface area contributed by atoms with E-state index in [-0.39, 0.29) is 31.6 Å². The minimum absolute atomic E-state index is 0.000539. The molecular weight excluding hydrogens is 358 g/mol. The molecule has 0 atom stereocenters. The van der Waals surface area contributed by atoms with Crippen LogP contribution in [0.25, 0.3) is 11.0 Å². The van der Waals surface area contributed by atoms with Gasteiger partial charge < -0.3 is 19.3 Å². The van der Waals surface area contributed by atoms with E-state index in [1.165, 1.54) is 4.90 Å². The van der Waals surface area contributed by atoms with E-state index >= 15 is 0 Å². The molecule has 0 saturated carbocycles. The number of carboxylic acid groups (broad SMARTS) is 1. The Balaban J connectivity index is 1.88. The molecule has 0 spiro atoms. The lowest BCUT2D eigenvalue weighted by Gasteiger charge is -2.25. The quantitative estimate of drug-likeness (QED) is 0.648. The molecule has 146 valence electrons. The fourth-order valence-corrected chi connectivity index (χ4v) is 3.01. The molecule has 0 fully saturated rings. The monoisotopic (exact) mass is 381 g/mol. The third-order valence-corrected chi connectivity index (χ3v) is 4.39. The summed E-state index contributed by atoms with van der Waals surface area (Å²) in [6.45, 7) is 3.46. The van der Waals surface area contributed by atoms with Crippen molar-refractivity contribution in [3.05, 3.63) is 60.4 Å². The van der Waals surface area contributed by atoms with Crippen molar-refractivity contribution >= 4 is 22.9 Å². The number of ether oxygens (including phenoxy) is 1. The Kier molecular flexibility index (Phi) is 5.93. The minimum atomic E-state index is -1.04. The van der Waals surface area contributed by atoms with Gasteiger partial charge in [-0.3, -0.25) is 9.59 Å². The van der Waals surface area contributed by atoms with Crippen LogP contribution >= 0.6 is 0 Å². The average molecular weight is 381 g/mol. The van der Waals surface area contributed by atoms with Crippen LogP contribution in [-0.4, -0.2) is 44.0 Å². The van der Waals surface area contributed by atoms with Crippen molar-refractivity contribution in [3.8, 4) is 5.75 Å². The zero-order chi connectivity index (χ0) is 20.1. The van der Waals surface area contributed by atoms with Gasteiger partial charge >= 0.3 is 5.97 Å². The summed E-state index contributed by atoms with van der Waals surface area (Å²) in [5.74, 6) is 0.00578. The number of nitrogens with zero attached hydrogens (tertiary/aromatic N) is 3. The first-order valence-corrected chi connectivity index (χ1v) is 9.09. The van der Waals surface area contributed by atoms with Gasteiger partial charge in [0.1, 0.15) is 31.3 Å². The van der Waals surface area contributed by atoms with Gasteiger partial charge in [0.2, 0.25) is 5.91 Å². The van der Waals surface area contributed by atoms with Crippen LogP contribution in [0.1, 0.15) is 19.7 Å². The summed E-state index contributed by atoms with van der Waals surface area (Å²) in [4.78, 5) is 29.9. The van der Waals surface area contributed by atoms with Gasteiger partial charge in [0, 0.05) is 6.04 Å². The predicted octanol–water partition coefficient (Wildman–Crippen LogP) is 2.94. The van der Waals surface area contributed by atoms with Gasteiger partial charge in [-0.15, -0.1) is 0 Å². The number of benzene rings is 2. The molecule has 0 aliphatic heterocycles. The predicted molar refractivity (Wildman–Crippen MR) is 105 cm³/mol. The Hall–Kier alpha value is -3.35. The number of para-hydroxylation sites is 3. The third kappa shape index (κ3) is 4.49. The second kappa shape index (κ2) is 8.56. The van der Waals surface area contributed by atoms with Crippen LogP contribution in [0.5, 0.6) is 5.75 Å². The molecule has 1 aromatic heterocycles. The first-order valence-electron chi connectivity index (χ1n) is 9.09. The maximum atomic E-state index is 12.8. The number of carbonyl (C=O) groups excluding carboxylic acids is 1. The number of hydrogen-bond acceptors (Lipinski definition) is 4. The lowest BCUT2D eigenvalue weighted by atomic mass is 10.3. The molecule has 0 saturated heterocycles. The number of amides is 1. The van der Waals surface area contributed by atoms with Gasteiger partial charge in [-0.2, -0.15) is 0 Å². The number of carboxylic acids is 1. The SMILES string of the molecule is CC(C)N(CC(=O)O)C(=O)Cn1c(COc2ccccc2)nc2ccccc21. The van der Waals surface area contributed by atoms with Crippen molar-refractivity contribution in [1.82, 2.24) is 14.5 Å². The summed E-state index contributed by atoms with van der Waals surface area (Å²) in [6, 6.07) is 16.7. The van der Waals surface area contributed by atoms with Crippen LogP contribution in [0.3, 0.4) is 0 Å². The van der Waals surface area contributed by atoms with Crippen molar-refractivity contribution in [3.63, 3.8) is 0 Å².